The lowest BCUT2D eigenvalue weighted by atomic mass is 9.94. The minimum absolute atomic E-state index is 0.204. The van der Waals surface area contributed by atoms with Crippen LogP contribution in [0, 0.1) is 6.92 Å². The van der Waals surface area contributed by atoms with Gasteiger partial charge in [0.25, 0.3) is 0 Å². The molecule has 0 bridgehead atoms. The van der Waals surface area contributed by atoms with Gasteiger partial charge in [-0.25, -0.2) is 4.98 Å². The van der Waals surface area contributed by atoms with Gasteiger partial charge in [0.05, 0.1) is 11.3 Å². The number of amidine groups is 1. The van der Waals surface area contributed by atoms with E-state index in [1.54, 1.807) is 23.1 Å². The Balaban J connectivity index is 1.95. The number of thiazole rings is 1. The number of rotatable bonds is 4. The Morgan fingerprint density at radius 1 is 1.63 bits per heavy atom. The van der Waals surface area contributed by atoms with Crippen LogP contribution in [-0.4, -0.2) is 45.0 Å². The van der Waals surface area contributed by atoms with Gasteiger partial charge in [0.1, 0.15) is 5.01 Å². The predicted octanol–water partition coefficient (Wildman–Crippen LogP) is 1.90. The lowest BCUT2D eigenvalue weighted by molar-refractivity contribution is 0.209. The fourth-order valence-corrected chi connectivity index (χ4v) is 4.05. The molecule has 1 aliphatic heterocycles. The highest BCUT2D eigenvalue weighted by Gasteiger charge is 2.38. The first-order valence-electron chi connectivity index (χ1n) is 6.26. The van der Waals surface area contributed by atoms with Crippen molar-refractivity contribution in [2.45, 2.75) is 31.1 Å². The van der Waals surface area contributed by atoms with E-state index >= 15 is 0 Å². The third kappa shape index (κ3) is 3.21. The van der Waals surface area contributed by atoms with Gasteiger partial charge in [-0.05, 0) is 26.0 Å². The second-order valence-corrected chi connectivity index (χ2v) is 6.97. The molecule has 2 rings (SSSR count). The van der Waals surface area contributed by atoms with Crippen molar-refractivity contribution in [3.63, 3.8) is 0 Å². The molecule has 3 N–H and O–H groups in total. The van der Waals surface area contributed by atoms with E-state index in [1.807, 2.05) is 13.2 Å². The summed E-state index contributed by atoms with van der Waals surface area (Å²) in [6, 6.07) is 0. The average molecular weight is 300 g/mol. The van der Waals surface area contributed by atoms with Gasteiger partial charge in [0, 0.05) is 24.2 Å². The number of hydrogen-bond donors (Lipinski definition) is 2. The first-order valence-corrected chi connectivity index (χ1v) is 8.36. The van der Waals surface area contributed by atoms with Crippen molar-refractivity contribution >= 4 is 28.9 Å². The number of thioether (sulfide) groups is 1. The molecule has 2 heterocycles. The van der Waals surface area contributed by atoms with Crippen LogP contribution in [0.15, 0.2) is 10.5 Å². The van der Waals surface area contributed by atoms with E-state index in [1.165, 1.54) is 0 Å². The lowest BCUT2D eigenvalue weighted by Gasteiger charge is -2.39. The van der Waals surface area contributed by atoms with Gasteiger partial charge in [-0.15, -0.1) is 11.3 Å². The summed E-state index contributed by atoms with van der Waals surface area (Å²) >= 11 is 3.40. The molecule has 19 heavy (non-hydrogen) atoms. The Bertz CT molecular complexity index is 452. The van der Waals surface area contributed by atoms with E-state index in [4.69, 9.17) is 10.9 Å². The van der Waals surface area contributed by atoms with Crippen molar-refractivity contribution < 1.29 is 5.21 Å². The highest BCUT2D eigenvalue weighted by atomic mass is 32.2. The Morgan fingerprint density at radius 3 is 2.79 bits per heavy atom. The highest BCUT2D eigenvalue weighted by Crippen LogP contribution is 2.35. The number of hydrogen-bond acceptors (Lipinski definition) is 6. The summed E-state index contributed by atoms with van der Waals surface area (Å²) in [5.41, 5.74) is 6.93. The number of nitrogens with two attached hydrogens (primary N) is 1. The Labute approximate surface area is 121 Å². The van der Waals surface area contributed by atoms with E-state index in [-0.39, 0.29) is 4.75 Å². The molecular weight excluding hydrogens is 280 g/mol. The van der Waals surface area contributed by atoms with Gasteiger partial charge in [-0.3, -0.25) is 4.90 Å². The molecule has 0 aliphatic carbocycles. The molecule has 1 aliphatic rings. The normalized spacial score (nSPS) is 20.6. The van der Waals surface area contributed by atoms with Crippen molar-refractivity contribution in [1.29, 1.82) is 0 Å². The van der Waals surface area contributed by atoms with Gasteiger partial charge in [0.2, 0.25) is 0 Å². The van der Waals surface area contributed by atoms with Gasteiger partial charge >= 0.3 is 0 Å². The van der Waals surface area contributed by atoms with Crippen LogP contribution < -0.4 is 5.73 Å². The maximum Gasteiger partial charge on any atom is 0.155 e. The van der Waals surface area contributed by atoms with E-state index in [2.05, 4.69) is 20.4 Å². The Morgan fingerprint density at radius 2 is 2.32 bits per heavy atom. The van der Waals surface area contributed by atoms with Crippen molar-refractivity contribution in [3.8, 4) is 0 Å². The van der Waals surface area contributed by atoms with Crippen LogP contribution in [0.3, 0.4) is 0 Å². The minimum atomic E-state index is -0.204. The first kappa shape index (κ1) is 14.6. The summed E-state index contributed by atoms with van der Waals surface area (Å²) in [4.78, 5) is 6.88. The summed E-state index contributed by atoms with van der Waals surface area (Å²) < 4.78 is -0.204. The summed E-state index contributed by atoms with van der Waals surface area (Å²) in [5.74, 6) is 0.352. The zero-order valence-corrected chi connectivity index (χ0v) is 12.9. The average Bonchev–Trinajstić information content (AvgIpc) is 2.84. The zero-order chi connectivity index (χ0) is 13.9. The lowest BCUT2D eigenvalue weighted by Crippen LogP contribution is -2.49. The van der Waals surface area contributed by atoms with Crippen LogP contribution in [-0.2, 0) is 6.54 Å². The highest BCUT2D eigenvalue weighted by molar-refractivity contribution is 8.00. The summed E-state index contributed by atoms with van der Waals surface area (Å²) in [7, 11) is 0. The molecule has 1 aromatic heterocycles. The molecular formula is C12H20N4OS2. The molecule has 0 aromatic carbocycles. The number of aryl methyl sites for hydroxylation is 1. The second kappa shape index (κ2) is 6.11. The molecule has 0 atom stereocenters. The largest absolute Gasteiger partial charge is 0.409 e. The van der Waals surface area contributed by atoms with Crippen LogP contribution in [0.25, 0.3) is 0 Å². The minimum Gasteiger partial charge on any atom is -0.409 e. The summed E-state index contributed by atoms with van der Waals surface area (Å²) in [6.07, 6.45) is 3.85. The fourth-order valence-electron chi connectivity index (χ4n) is 2.39. The third-order valence-corrected chi connectivity index (χ3v) is 6.00. The number of aromatic nitrogens is 1. The van der Waals surface area contributed by atoms with Gasteiger partial charge in [-0.1, -0.05) is 5.16 Å². The molecule has 0 amide bonds. The molecule has 1 fully saturated rings. The third-order valence-electron chi connectivity index (χ3n) is 3.65. The van der Waals surface area contributed by atoms with Crippen molar-refractivity contribution in [1.82, 2.24) is 9.88 Å². The maximum absolute atomic E-state index is 8.91. The van der Waals surface area contributed by atoms with Crippen LogP contribution in [0.5, 0.6) is 0 Å². The topological polar surface area (TPSA) is 74.7 Å². The van der Waals surface area contributed by atoms with Crippen LogP contribution in [0.1, 0.15) is 23.5 Å². The molecule has 106 valence electrons. The molecule has 0 saturated carbocycles. The SMILES string of the molecule is CSC1(C(N)=NO)CCN(Cc2nc(C)cs2)CC1. The molecule has 0 unspecified atom stereocenters. The molecule has 1 aromatic rings. The van der Waals surface area contributed by atoms with Gasteiger partial charge in [-0.2, -0.15) is 11.8 Å². The Hall–Kier alpha value is -0.790. The van der Waals surface area contributed by atoms with Crippen molar-refractivity contribution in [2.75, 3.05) is 19.3 Å². The number of nitrogens with zero attached hydrogens (tertiary/aromatic N) is 3. The number of oxime groups is 1. The fraction of sp³-hybridized carbons (Fsp3) is 0.667. The number of likely N-dealkylation sites (tertiary alicyclic amines) is 1. The van der Waals surface area contributed by atoms with Crippen molar-refractivity contribution in [2.24, 2.45) is 10.9 Å². The monoisotopic (exact) mass is 300 g/mol. The van der Waals surface area contributed by atoms with Crippen molar-refractivity contribution in [3.05, 3.63) is 16.1 Å². The van der Waals surface area contributed by atoms with E-state index in [0.29, 0.717) is 5.84 Å². The van der Waals surface area contributed by atoms with Crippen LogP contribution in [0.4, 0.5) is 0 Å². The molecule has 7 heteroatoms. The van der Waals surface area contributed by atoms with Crippen LogP contribution in [0.2, 0.25) is 0 Å². The smallest absolute Gasteiger partial charge is 0.155 e. The molecule has 0 spiro atoms. The molecule has 5 nitrogen and oxygen atoms in total. The Kier molecular flexibility index (Phi) is 4.70. The van der Waals surface area contributed by atoms with E-state index < -0.39 is 0 Å². The summed E-state index contributed by atoms with van der Waals surface area (Å²) in [6.45, 7) is 4.83. The quantitative estimate of drug-likeness (QED) is 0.384. The molecule has 1 saturated heterocycles. The molecule has 0 radical (unpaired) electrons. The van der Waals surface area contributed by atoms with Gasteiger partial charge in [0.15, 0.2) is 5.84 Å². The van der Waals surface area contributed by atoms with Crippen LogP contribution >= 0.6 is 23.1 Å². The maximum atomic E-state index is 8.91. The van der Waals surface area contributed by atoms with E-state index in [0.717, 1.165) is 43.2 Å². The second-order valence-electron chi connectivity index (χ2n) is 4.84. The van der Waals surface area contributed by atoms with E-state index in [9.17, 15) is 0 Å². The first-order chi connectivity index (χ1) is 9.09. The zero-order valence-electron chi connectivity index (χ0n) is 11.3. The van der Waals surface area contributed by atoms with Gasteiger partial charge < -0.3 is 10.9 Å². The summed E-state index contributed by atoms with van der Waals surface area (Å²) in [5, 5.41) is 15.4. The standard InChI is InChI=1S/C12H20N4OS2/c1-9-8-19-10(14-9)7-16-5-3-12(18-2,4-6-16)11(13)15-17/h8,17H,3-7H2,1-2H3,(H2,13,15). The number of piperidine rings is 1. The predicted molar refractivity (Wildman–Crippen MR) is 81.0 cm³/mol.